The Morgan fingerprint density at radius 3 is 2.62 bits per heavy atom. The highest BCUT2D eigenvalue weighted by molar-refractivity contribution is 5.39. The van der Waals surface area contributed by atoms with Crippen molar-refractivity contribution in [3.63, 3.8) is 0 Å². The van der Waals surface area contributed by atoms with Crippen LogP contribution in [-0.2, 0) is 16.7 Å². The lowest BCUT2D eigenvalue weighted by molar-refractivity contribution is 0.0559. The third kappa shape index (κ3) is 2.87. The zero-order valence-corrected chi connectivity index (χ0v) is 14.4. The second kappa shape index (κ2) is 5.67. The summed E-state index contributed by atoms with van der Waals surface area (Å²) in [5.41, 5.74) is 0.433. The average molecular weight is 327 g/mol. The molecule has 5 nitrogen and oxygen atoms in total. The smallest absolute Gasteiger partial charge is 0.161 e. The van der Waals surface area contributed by atoms with Crippen LogP contribution < -0.4 is 0 Å². The number of nitrogens with zero attached hydrogens (tertiary/aromatic N) is 3. The summed E-state index contributed by atoms with van der Waals surface area (Å²) in [5.74, 6) is 2.15. The minimum Gasteiger partial charge on any atom is -0.389 e. The standard InChI is InChI=1S/C19H25N3O2/c1-18(2,23)13-22-16(14-8-11-24-12-14)20-17(21-22)19(9-10-19)15-6-4-3-5-7-15/h3-7,14,23H,8-13H2,1-2H3. The highest BCUT2D eigenvalue weighted by Gasteiger charge is 2.50. The van der Waals surface area contributed by atoms with Crippen LogP contribution in [0.25, 0.3) is 0 Å². The molecular weight excluding hydrogens is 302 g/mol. The first kappa shape index (κ1) is 15.8. The highest BCUT2D eigenvalue weighted by atomic mass is 16.5. The van der Waals surface area contributed by atoms with E-state index in [1.807, 2.05) is 24.6 Å². The lowest BCUT2D eigenvalue weighted by Crippen LogP contribution is -2.28. The van der Waals surface area contributed by atoms with Crippen molar-refractivity contribution in [2.24, 2.45) is 0 Å². The van der Waals surface area contributed by atoms with Crippen molar-refractivity contribution < 1.29 is 9.84 Å². The van der Waals surface area contributed by atoms with E-state index in [0.29, 0.717) is 13.2 Å². The Balaban J connectivity index is 1.73. The van der Waals surface area contributed by atoms with Crippen molar-refractivity contribution >= 4 is 0 Å². The van der Waals surface area contributed by atoms with Gasteiger partial charge in [0.2, 0.25) is 0 Å². The molecule has 1 aromatic carbocycles. The summed E-state index contributed by atoms with van der Waals surface area (Å²) in [5, 5.41) is 15.1. The zero-order chi connectivity index (χ0) is 16.8. The predicted octanol–water partition coefficient (Wildman–Crippen LogP) is 2.63. The Morgan fingerprint density at radius 2 is 2.04 bits per heavy atom. The molecule has 24 heavy (non-hydrogen) atoms. The molecule has 1 saturated carbocycles. The first-order valence-corrected chi connectivity index (χ1v) is 8.79. The molecule has 0 bridgehead atoms. The molecule has 1 atom stereocenters. The molecule has 5 heteroatoms. The van der Waals surface area contributed by atoms with Crippen molar-refractivity contribution in [1.29, 1.82) is 0 Å². The number of ether oxygens (including phenoxy) is 1. The molecule has 128 valence electrons. The van der Waals surface area contributed by atoms with E-state index in [1.165, 1.54) is 5.56 Å². The molecule has 4 rings (SSSR count). The van der Waals surface area contributed by atoms with Crippen LogP contribution in [0.15, 0.2) is 30.3 Å². The molecular formula is C19H25N3O2. The van der Waals surface area contributed by atoms with E-state index >= 15 is 0 Å². The summed E-state index contributed by atoms with van der Waals surface area (Å²) >= 11 is 0. The summed E-state index contributed by atoms with van der Waals surface area (Å²) in [7, 11) is 0. The van der Waals surface area contributed by atoms with E-state index < -0.39 is 5.60 Å². The molecule has 1 aliphatic carbocycles. The lowest BCUT2D eigenvalue weighted by Gasteiger charge is -2.19. The van der Waals surface area contributed by atoms with Gasteiger partial charge in [-0.1, -0.05) is 30.3 Å². The maximum Gasteiger partial charge on any atom is 0.161 e. The SMILES string of the molecule is CC(C)(O)Cn1nc(C2(c3ccccc3)CC2)nc1C1CCOC1. The third-order valence-corrected chi connectivity index (χ3v) is 5.04. The van der Waals surface area contributed by atoms with Gasteiger partial charge in [0, 0.05) is 12.5 Å². The minimum absolute atomic E-state index is 0.0413. The Hall–Kier alpha value is -1.72. The fraction of sp³-hybridized carbons (Fsp3) is 0.579. The molecule has 1 aliphatic heterocycles. The van der Waals surface area contributed by atoms with Gasteiger partial charge in [0.25, 0.3) is 0 Å². The summed E-state index contributed by atoms with van der Waals surface area (Å²) in [6, 6.07) is 10.5. The van der Waals surface area contributed by atoms with Crippen molar-refractivity contribution in [3.05, 3.63) is 47.5 Å². The van der Waals surface area contributed by atoms with Crippen molar-refractivity contribution in [2.45, 2.75) is 56.6 Å². The van der Waals surface area contributed by atoms with Gasteiger partial charge in [-0.3, -0.25) is 0 Å². The maximum absolute atomic E-state index is 10.3. The van der Waals surface area contributed by atoms with Crippen molar-refractivity contribution in [2.75, 3.05) is 13.2 Å². The minimum atomic E-state index is -0.817. The van der Waals surface area contributed by atoms with Crippen LogP contribution in [0, 0.1) is 0 Å². The van der Waals surface area contributed by atoms with Gasteiger partial charge in [0.15, 0.2) is 5.82 Å². The number of hydrogen-bond donors (Lipinski definition) is 1. The molecule has 2 aliphatic rings. The number of aromatic nitrogens is 3. The molecule has 1 N–H and O–H groups in total. The monoisotopic (exact) mass is 327 g/mol. The lowest BCUT2D eigenvalue weighted by atomic mass is 9.95. The van der Waals surface area contributed by atoms with Gasteiger partial charge < -0.3 is 9.84 Å². The van der Waals surface area contributed by atoms with Crippen molar-refractivity contribution in [3.8, 4) is 0 Å². The van der Waals surface area contributed by atoms with E-state index in [0.717, 1.165) is 37.5 Å². The number of benzene rings is 1. The van der Waals surface area contributed by atoms with Crippen molar-refractivity contribution in [1.82, 2.24) is 14.8 Å². The Labute approximate surface area is 142 Å². The molecule has 0 radical (unpaired) electrons. The van der Waals surface area contributed by atoms with Gasteiger partial charge in [-0.15, -0.1) is 0 Å². The highest BCUT2D eigenvalue weighted by Crippen LogP contribution is 2.52. The molecule has 1 unspecified atom stereocenters. The molecule has 2 fully saturated rings. The first-order chi connectivity index (χ1) is 11.5. The average Bonchev–Trinajstić information content (AvgIpc) is 2.98. The molecule has 0 amide bonds. The van der Waals surface area contributed by atoms with Crippen LogP contribution in [0.4, 0.5) is 0 Å². The Morgan fingerprint density at radius 1 is 1.29 bits per heavy atom. The van der Waals surface area contributed by atoms with Crippen LogP contribution in [0.5, 0.6) is 0 Å². The second-order valence-electron chi connectivity index (χ2n) is 7.77. The number of hydrogen-bond acceptors (Lipinski definition) is 4. The number of rotatable bonds is 5. The first-order valence-electron chi connectivity index (χ1n) is 8.79. The van der Waals surface area contributed by atoms with Gasteiger partial charge in [-0.25, -0.2) is 9.67 Å². The predicted molar refractivity (Wildman–Crippen MR) is 91.0 cm³/mol. The van der Waals surface area contributed by atoms with E-state index in [2.05, 4.69) is 24.3 Å². The van der Waals surface area contributed by atoms with Gasteiger partial charge in [0.05, 0.1) is 24.2 Å². The molecule has 0 spiro atoms. The summed E-state index contributed by atoms with van der Waals surface area (Å²) < 4.78 is 7.46. The second-order valence-corrected chi connectivity index (χ2v) is 7.77. The summed E-state index contributed by atoms with van der Waals surface area (Å²) in [6.45, 7) is 5.55. The molecule has 1 aromatic heterocycles. The van der Waals surface area contributed by atoms with Gasteiger partial charge in [-0.2, -0.15) is 5.10 Å². The third-order valence-electron chi connectivity index (χ3n) is 5.04. The molecule has 2 aromatic rings. The van der Waals surface area contributed by atoms with Crippen LogP contribution in [0.3, 0.4) is 0 Å². The quantitative estimate of drug-likeness (QED) is 0.917. The fourth-order valence-electron chi connectivity index (χ4n) is 3.60. The van der Waals surface area contributed by atoms with E-state index in [9.17, 15) is 5.11 Å². The van der Waals surface area contributed by atoms with Crippen LogP contribution in [-0.4, -0.2) is 38.7 Å². The van der Waals surface area contributed by atoms with Crippen LogP contribution in [0.2, 0.25) is 0 Å². The van der Waals surface area contributed by atoms with Gasteiger partial charge in [-0.05, 0) is 38.7 Å². The van der Waals surface area contributed by atoms with E-state index in [1.54, 1.807) is 0 Å². The van der Waals surface area contributed by atoms with E-state index in [-0.39, 0.29) is 11.3 Å². The topological polar surface area (TPSA) is 60.2 Å². The summed E-state index contributed by atoms with van der Waals surface area (Å²) in [6.07, 6.45) is 3.15. The Bertz CT molecular complexity index is 708. The Kier molecular flexibility index (Phi) is 3.73. The fourth-order valence-corrected chi connectivity index (χ4v) is 3.60. The largest absolute Gasteiger partial charge is 0.389 e. The number of aliphatic hydroxyl groups is 1. The van der Waals surface area contributed by atoms with Gasteiger partial charge in [0.1, 0.15) is 5.82 Å². The van der Waals surface area contributed by atoms with Gasteiger partial charge >= 0.3 is 0 Å². The normalized spacial score (nSPS) is 22.7. The zero-order valence-electron chi connectivity index (χ0n) is 14.4. The van der Waals surface area contributed by atoms with Crippen LogP contribution >= 0.6 is 0 Å². The maximum atomic E-state index is 10.3. The summed E-state index contributed by atoms with van der Waals surface area (Å²) in [4.78, 5) is 4.95. The molecule has 1 saturated heterocycles. The van der Waals surface area contributed by atoms with Crippen LogP contribution in [0.1, 0.15) is 56.2 Å². The van der Waals surface area contributed by atoms with E-state index in [4.69, 9.17) is 14.8 Å². The molecule has 2 heterocycles.